The standard InChI is InChI=1S/C7H7F3S/c1-2-5-3-6(11-4-5)7(8,9)10/h3-4H,2H2,1H3. The highest BCUT2D eigenvalue weighted by molar-refractivity contribution is 7.10. The molecule has 0 bridgehead atoms. The molecule has 0 aliphatic carbocycles. The van der Waals surface area contributed by atoms with Gasteiger partial charge in [0.05, 0.1) is 0 Å². The van der Waals surface area contributed by atoms with Crippen LogP contribution in [0, 0.1) is 0 Å². The predicted molar refractivity (Wildman–Crippen MR) is 38.7 cm³/mol. The molecule has 0 radical (unpaired) electrons. The summed E-state index contributed by atoms with van der Waals surface area (Å²) >= 11 is 0.756. The second-order valence-electron chi connectivity index (χ2n) is 2.17. The SMILES string of the molecule is CCc1csc(C(F)(F)F)c1. The van der Waals surface area contributed by atoms with Gasteiger partial charge in [0.15, 0.2) is 0 Å². The van der Waals surface area contributed by atoms with Crippen LogP contribution in [-0.4, -0.2) is 0 Å². The zero-order valence-corrected chi connectivity index (χ0v) is 6.72. The molecule has 62 valence electrons. The first-order valence-electron chi connectivity index (χ1n) is 3.18. The van der Waals surface area contributed by atoms with E-state index in [2.05, 4.69) is 0 Å². The molecule has 1 rings (SSSR count). The van der Waals surface area contributed by atoms with Gasteiger partial charge in [-0.05, 0) is 23.4 Å². The van der Waals surface area contributed by atoms with Gasteiger partial charge in [0.25, 0.3) is 0 Å². The van der Waals surface area contributed by atoms with Crippen molar-refractivity contribution in [3.8, 4) is 0 Å². The van der Waals surface area contributed by atoms with Crippen LogP contribution >= 0.6 is 11.3 Å². The lowest BCUT2D eigenvalue weighted by Gasteiger charge is -1.99. The molecule has 0 spiro atoms. The third-order valence-corrected chi connectivity index (χ3v) is 2.37. The molecule has 0 amide bonds. The van der Waals surface area contributed by atoms with E-state index in [0.717, 1.165) is 16.9 Å². The fraction of sp³-hybridized carbons (Fsp3) is 0.429. The molecule has 0 saturated heterocycles. The lowest BCUT2D eigenvalue weighted by molar-refractivity contribution is -0.134. The molecular formula is C7H7F3S. The summed E-state index contributed by atoms with van der Waals surface area (Å²) in [6.45, 7) is 1.84. The predicted octanol–water partition coefficient (Wildman–Crippen LogP) is 3.33. The van der Waals surface area contributed by atoms with Gasteiger partial charge in [-0.15, -0.1) is 11.3 Å². The van der Waals surface area contributed by atoms with Crippen LogP contribution in [0.2, 0.25) is 0 Å². The van der Waals surface area contributed by atoms with Gasteiger partial charge < -0.3 is 0 Å². The van der Waals surface area contributed by atoms with Gasteiger partial charge in [0, 0.05) is 0 Å². The zero-order valence-electron chi connectivity index (χ0n) is 5.90. The minimum atomic E-state index is -4.17. The molecule has 0 atom stereocenters. The number of hydrogen-bond acceptors (Lipinski definition) is 1. The van der Waals surface area contributed by atoms with Crippen molar-refractivity contribution in [1.82, 2.24) is 0 Å². The number of alkyl halides is 3. The highest BCUT2D eigenvalue weighted by Crippen LogP contribution is 2.33. The van der Waals surface area contributed by atoms with E-state index in [4.69, 9.17) is 0 Å². The molecule has 0 aliphatic heterocycles. The Morgan fingerprint density at radius 2 is 2.09 bits per heavy atom. The Balaban J connectivity index is 2.89. The van der Waals surface area contributed by atoms with Crippen molar-refractivity contribution in [2.45, 2.75) is 19.5 Å². The van der Waals surface area contributed by atoms with Crippen molar-refractivity contribution in [2.24, 2.45) is 0 Å². The van der Waals surface area contributed by atoms with Crippen molar-refractivity contribution in [2.75, 3.05) is 0 Å². The summed E-state index contributed by atoms with van der Waals surface area (Å²) in [7, 11) is 0. The van der Waals surface area contributed by atoms with Crippen LogP contribution in [0.15, 0.2) is 11.4 Å². The highest BCUT2D eigenvalue weighted by Gasteiger charge is 2.31. The van der Waals surface area contributed by atoms with Crippen LogP contribution in [0.5, 0.6) is 0 Å². The van der Waals surface area contributed by atoms with E-state index >= 15 is 0 Å². The molecule has 1 aromatic rings. The van der Waals surface area contributed by atoms with Gasteiger partial charge in [-0.3, -0.25) is 0 Å². The largest absolute Gasteiger partial charge is 0.425 e. The molecule has 11 heavy (non-hydrogen) atoms. The molecule has 0 N–H and O–H groups in total. The maximum atomic E-state index is 11.9. The normalized spacial score (nSPS) is 12.0. The molecule has 4 heteroatoms. The number of halogens is 3. The number of rotatable bonds is 1. The van der Waals surface area contributed by atoms with Crippen LogP contribution in [0.3, 0.4) is 0 Å². The minimum Gasteiger partial charge on any atom is -0.165 e. The van der Waals surface area contributed by atoms with E-state index in [9.17, 15) is 13.2 Å². The van der Waals surface area contributed by atoms with Gasteiger partial charge in [0.1, 0.15) is 4.88 Å². The molecule has 0 aromatic carbocycles. The Hall–Kier alpha value is -0.510. The van der Waals surface area contributed by atoms with Crippen molar-refractivity contribution < 1.29 is 13.2 Å². The molecular weight excluding hydrogens is 173 g/mol. The van der Waals surface area contributed by atoms with Crippen molar-refractivity contribution in [1.29, 1.82) is 0 Å². The summed E-state index contributed by atoms with van der Waals surface area (Å²) in [6, 6.07) is 1.20. The maximum Gasteiger partial charge on any atom is 0.425 e. The van der Waals surface area contributed by atoms with Gasteiger partial charge in [-0.2, -0.15) is 13.2 Å². The molecule has 1 aromatic heterocycles. The summed E-state index contributed by atoms with van der Waals surface area (Å²) in [5.74, 6) is 0. The van der Waals surface area contributed by atoms with E-state index in [1.807, 2.05) is 6.92 Å². The van der Waals surface area contributed by atoms with Crippen LogP contribution in [0.25, 0.3) is 0 Å². The van der Waals surface area contributed by atoms with Gasteiger partial charge in [-0.1, -0.05) is 6.92 Å². The smallest absolute Gasteiger partial charge is 0.165 e. The van der Waals surface area contributed by atoms with Crippen LogP contribution < -0.4 is 0 Å². The highest BCUT2D eigenvalue weighted by atomic mass is 32.1. The third-order valence-electron chi connectivity index (χ3n) is 1.34. The number of thiophene rings is 1. The first-order chi connectivity index (χ1) is 5.04. The Labute approximate surface area is 66.7 Å². The lowest BCUT2D eigenvalue weighted by atomic mass is 10.2. The van der Waals surface area contributed by atoms with Gasteiger partial charge in [-0.25, -0.2) is 0 Å². The molecule has 0 aliphatic rings. The molecule has 0 unspecified atom stereocenters. The second kappa shape index (κ2) is 2.85. The fourth-order valence-corrected chi connectivity index (χ4v) is 1.58. The second-order valence-corrected chi connectivity index (χ2v) is 3.08. The first-order valence-corrected chi connectivity index (χ1v) is 4.06. The molecule has 0 nitrogen and oxygen atoms in total. The summed E-state index contributed by atoms with van der Waals surface area (Å²) in [6.07, 6.45) is -3.51. The van der Waals surface area contributed by atoms with E-state index in [1.54, 1.807) is 5.38 Å². The Kier molecular flexibility index (Phi) is 2.23. The number of aryl methyl sites for hydroxylation is 1. The van der Waals surface area contributed by atoms with Crippen LogP contribution in [0.1, 0.15) is 17.4 Å². The lowest BCUT2D eigenvalue weighted by Crippen LogP contribution is -2.00. The van der Waals surface area contributed by atoms with E-state index in [-0.39, 0.29) is 0 Å². The molecule has 0 fully saturated rings. The average Bonchev–Trinajstić information content (AvgIpc) is 2.32. The van der Waals surface area contributed by atoms with Gasteiger partial charge >= 0.3 is 6.18 Å². The van der Waals surface area contributed by atoms with E-state index in [0.29, 0.717) is 6.42 Å². The molecule has 1 heterocycles. The van der Waals surface area contributed by atoms with Crippen LogP contribution in [0.4, 0.5) is 13.2 Å². The monoisotopic (exact) mass is 180 g/mol. The zero-order chi connectivity index (χ0) is 8.48. The van der Waals surface area contributed by atoms with Crippen LogP contribution in [-0.2, 0) is 12.6 Å². The topological polar surface area (TPSA) is 0 Å². The first kappa shape index (κ1) is 8.59. The van der Waals surface area contributed by atoms with Crippen molar-refractivity contribution in [3.63, 3.8) is 0 Å². The van der Waals surface area contributed by atoms with Gasteiger partial charge in [0.2, 0.25) is 0 Å². The fourth-order valence-electron chi connectivity index (χ4n) is 0.710. The molecule has 0 saturated carbocycles. The summed E-state index contributed by atoms with van der Waals surface area (Å²) in [4.78, 5) is -0.505. The Morgan fingerprint density at radius 1 is 1.45 bits per heavy atom. The maximum absolute atomic E-state index is 11.9. The summed E-state index contributed by atoms with van der Waals surface area (Å²) < 4.78 is 35.8. The minimum absolute atomic E-state index is 0.505. The average molecular weight is 180 g/mol. The summed E-state index contributed by atoms with van der Waals surface area (Å²) in [5, 5.41) is 1.54. The Morgan fingerprint density at radius 3 is 2.36 bits per heavy atom. The number of hydrogen-bond donors (Lipinski definition) is 0. The summed E-state index contributed by atoms with van der Waals surface area (Å²) in [5.41, 5.74) is 0.752. The quantitative estimate of drug-likeness (QED) is 0.621. The van der Waals surface area contributed by atoms with Crippen molar-refractivity contribution in [3.05, 3.63) is 21.9 Å². The van der Waals surface area contributed by atoms with Crippen molar-refractivity contribution >= 4 is 11.3 Å². The van der Waals surface area contributed by atoms with E-state index < -0.39 is 11.1 Å². The third kappa shape index (κ3) is 1.96. The van der Waals surface area contributed by atoms with E-state index in [1.165, 1.54) is 6.07 Å². The Bertz CT molecular complexity index is 236.